The standard InChI is InChI=1S/C10H15N.C4H2N2/c1-2-11-10-6-3-4-9(8-10)5-7-10;1-3-4(5-1)2-6-3/h1,9,11H,3-8H2;1-2H/t9-,10+;/m1./s1. The number of terminal acetylenes is 1. The van der Waals surface area contributed by atoms with Crippen molar-refractivity contribution >= 4 is 0 Å². The van der Waals surface area contributed by atoms with E-state index in [0.29, 0.717) is 5.54 Å². The molecule has 2 saturated carbocycles. The molecule has 0 aromatic rings. The number of hydrogen-bond acceptors (Lipinski definition) is 3. The normalized spacial score (nSPS) is 30.9. The summed E-state index contributed by atoms with van der Waals surface area (Å²) < 4.78 is 0. The average Bonchev–Trinajstić information content (AvgIpc) is 2.60. The predicted octanol–water partition coefficient (Wildman–Crippen LogP) is 2.35. The Labute approximate surface area is 102 Å². The van der Waals surface area contributed by atoms with Crippen LogP contribution in [0.2, 0.25) is 0 Å². The minimum Gasteiger partial charge on any atom is -0.340 e. The molecule has 3 nitrogen and oxygen atoms in total. The summed E-state index contributed by atoms with van der Waals surface area (Å²) in [7, 11) is 0. The Morgan fingerprint density at radius 2 is 2.00 bits per heavy atom. The van der Waals surface area contributed by atoms with Gasteiger partial charge in [-0.1, -0.05) is 19.3 Å². The molecule has 2 fully saturated rings. The van der Waals surface area contributed by atoms with Crippen molar-refractivity contribution in [2.45, 2.75) is 44.1 Å². The minimum absolute atomic E-state index is 0.359. The number of rotatable bonds is 1. The maximum atomic E-state index is 5.28. The molecule has 0 unspecified atom stereocenters. The topological polar surface area (TPSA) is 37.8 Å². The molecule has 0 spiro atoms. The summed E-state index contributed by atoms with van der Waals surface area (Å²) in [5.74, 6) is 0.976. The van der Waals surface area contributed by atoms with E-state index in [9.17, 15) is 0 Å². The van der Waals surface area contributed by atoms with E-state index >= 15 is 0 Å². The van der Waals surface area contributed by atoms with E-state index in [0.717, 1.165) is 17.3 Å². The van der Waals surface area contributed by atoms with Gasteiger partial charge in [-0.25, -0.2) is 0 Å². The molecule has 2 heterocycles. The fourth-order valence-electron chi connectivity index (χ4n) is 3.23. The van der Waals surface area contributed by atoms with E-state index in [1.165, 1.54) is 38.5 Å². The highest BCUT2D eigenvalue weighted by atomic mass is 15.0. The molecular formula is C14H17N3. The molecular weight excluding hydrogens is 210 g/mol. The molecule has 0 aromatic carbocycles. The van der Waals surface area contributed by atoms with Crippen molar-refractivity contribution in [3.63, 3.8) is 0 Å². The van der Waals surface area contributed by atoms with E-state index in [1.54, 1.807) is 12.4 Å². The van der Waals surface area contributed by atoms with Crippen LogP contribution in [-0.2, 0) is 0 Å². The Morgan fingerprint density at radius 1 is 1.24 bits per heavy atom. The summed E-state index contributed by atoms with van der Waals surface area (Å²) >= 11 is 0. The van der Waals surface area contributed by atoms with E-state index in [-0.39, 0.29) is 0 Å². The lowest BCUT2D eigenvalue weighted by molar-refractivity contribution is 0.277. The van der Waals surface area contributed by atoms with E-state index < -0.39 is 0 Å². The van der Waals surface area contributed by atoms with Gasteiger partial charge >= 0.3 is 0 Å². The van der Waals surface area contributed by atoms with Crippen molar-refractivity contribution in [3.8, 4) is 23.9 Å². The Hall–Kier alpha value is -1.56. The summed E-state index contributed by atoms with van der Waals surface area (Å²) in [6.07, 6.45) is 16.9. The number of aromatic nitrogens is 2. The molecule has 88 valence electrons. The number of nitrogens with zero attached hydrogens (tertiary/aromatic N) is 2. The van der Waals surface area contributed by atoms with Crippen LogP contribution < -0.4 is 5.32 Å². The Balaban J connectivity index is 0.000000125. The van der Waals surface area contributed by atoms with Crippen molar-refractivity contribution in [2.24, 2.45) is 5.92 Å². The molecule has 0 aromatic heterocycles. The van der Waals surface area contributed by atoms with Crippen molar-refractivity contribution < 1.29 is 0 Å². The summed E-state index contributed by atoms with van der Waals surface area (Å²) in [4.78, 5) is 7.69. The fourth-order valence-corrected chi connectivity index (χ4v) is 3.23. The number of hydrogen-bond donors (Lipinski definition) is 1. The van der Waals surface area contributed by atoms with Gasteiger partial charge in [-0.15, -0.1) is 0 Å². The van der Waals surface area contributed by atoms with Crippen molar-refractivity contribution in [2.75, 3.05) is 0 Å². The molecule has 0 radical (unpaired) electrons. The van der Waals surface area contributed by atoms with Crippen LogP contribution in [0.1, 0.15) is 38.5 Å². The second-order valence-corrected chi connectivity index (χ2v) is 5.34. The van der Waals surface area contributed by atoms with Crippen molar-refractivity contribution in [1.82, 2.24) is 15.3 Å². The van der Waals surface area contributed by atoms with Gasteiger partial charge in [0.15, 0.2) is 0 Å². The highest BCUT2D eigenvalue weighted by Gasteiger charge is 2.41. The molecule has 4 aliphatic rings. The summed E-state index contributed by atoms with van der Waals surface area (Å²) in [6.45, 7) is 0. The fraction of sp³-hybridized carbons (Fsp3) is 0.571. The molecule has 1 N–H and O–H groups in total. The summed E-state index contributed by atoms with van der Waals surface area (Å²) in [6, 6.07) is 2.61. The first-order valence-electron chi connectivity index (χ1n) is 6.37. The second kappa shape index (κ2) is 4.03. The SMILES string of the molecule is C#CN[C@@]12CCC[C@H](CC1)C2.c1nc2cnc1-2. The van der Waals surface area contributed by atoms with Crippen LogP contribution >= 0.6 is 0 Å². The van der Waals surface area contributed by atoms with E-state index in [1.807, 2.05) is 0 Å². The van der Waals surface area contributed by atoms with Gasteiger partial charge in [-0.05, 0) is 31.6 Å². The molecule has 4 rings (SSSR count). The van der Waals surface area contributed by atoms with Gasteiger partial charge in [-0.2, -0.15) is 0 Å². The molecule has 0 saturated heterocycles. The second-order valence-electron chi connectivity index (χ2n) is 5.34. The Morgan fingerprint density at radius 3 is 2.53 bits per heavy atom. The van der Waals surface area contributed by atoms with Crippen LogP contribution in [0.5, 0.6) is 0 Å². The molecule has 2 atom stereocenters. The van der Waals surface area contributed by atoms with Crippen molar-refractivity contribution in [1.29, 1.82) is 0 Å². The lowest BCUT2D eigenvalue weighted by atomic mass is 9.83. The third-order valence-corrected chi connectivity index (χ3v) is 4.23. The zero-order valence-corrected chi connectivity index (χ0v) is 9.95. The molecule has 17 heavy (non-hydrogen) atoms. The monoisotopic (exact) mass is 227 g/mol. The van der Waals surface area contributed by atoms with Crippen LogP contribution in [0, 0.1) is 18.4 Å². The van der Waals surface area contributed by atoms with Crippen molar-refractivity contribution in [3.05, 3.63) is 12.4 Å². The van der Waals surface area contributed by atoms with Gasteiger partial charge in [0.05, 0.1) is 12.4 Å². The van der Waals surface area contributed by atoms with Gasteiger partial charge in [0, 0.05) is 11.6 Å². The Bertz CT molecular complexity index is 421. The lowest BCUT2D eigenvalue weighted by Crippen LogP contribution is -2.41. The van der Waals surface area contributed by atoms with Gasteiger partial charge in [0.25, 0.3) is 0 Å². The third kappa shape index (κ3) is 1.88. The largest absolute Gasteiger partial charge is 0.340 e. The molecule has 2 aliphatic carbocycles. The minimum atomic E-state index is 0.359. The maximum Gasteiger partial charge on any atom is 0.109 e. The maximum absolute atomic E-state index is 5.28. The molecule has 2 bridgehead atoms. The zero-order valence-electron chi connectivity index (χ0n) is 9.95. The zero-order chi connectivity index (χ0) is 11.7. The molecule has 0 amide bonds. The third-order valence-electron chi connectivity index (χ3n) is 4.23. The number of nitrogens with one attached hydrogen (secondary N) is 1. The van der Waals surface area contributed by atoms with E-state index in [2.05, 4.69) is 21.3 Å². The van der Waals surface area contributed by atoms with Crippen LogP contribution in [0.25, 0.3) is 11.4 Å². The highest BCUT2D eigenvalue weighted by molar-refractivity contribution is 5.60. The average molecular weight is 227 g/mol. The lowest BCUT2D eigenvalue weighted by Gasteiger charge is -2.32. The first kappa shape index (κ1) is 10.6. The van der Waals surface area contributed by atoms with Gasteiger partial charge in [-0.3, -0.25) is 9.97 Å². The number of fused-ring (bicyclic) bond motifs is 3. The quantitative estimate of drug-likeness (QED) is 0.600. The van der Waals surface area contributed by atoms with Crippen LogP contribution in [-0.4, -0.2) is 15.5 Å². The van der Waals surface area contributed by atoms with Crippen LogP contribution in [0.4, 0.5) is 0 Å². The van der Waals surface area contributed by atoms with Crippen LogP contribution in [0.3, 0.4) is 0 Å². The first-order valence-corrected chi connectivity index (χ1v) is 6.37. The molecule has 3 heteroatoms. The highest BCUT2D eigenvalue weighted by Crippen LogP contribution is 2.44. The first-order chi connectivity index (χ1) is 8.31. The molecule has 2 aliphatic heterocycles. The predicted molar refractivity (Wildman–Crippen MR) is 66.9 cm³/mol. The summed E-state index contributed by atoms with van der Waals surface area (Å²) in [5, 5.41) is 3.22. The Kier molecular flexibility index (Phi) is 2.51. The van der Waals surface area contributed by atoms with Gasteiger partial charge < -0.3 is 5.32 Å². The van der Waals surface area contributed by atoms with Gasteiger partial charge in [0.2, 0.25) is 0 Å². The van der Waals surface area contributed by atoms with E-state index in [4.69, 9.17) is 6.42 Å². The van der Waals surface area contributed by atoms with Gasteiger partial charge in [0.1, 0.15) is 11.4 Å². The smallest absolute Gasteiger partial charge is 0.109 e. The van der Waals surface area contributed by atoms with Crippen LogP contribution in [0.15, 0.2) is 12.4 Å². The summed E-state index contributed by atoms with van der Waals surface area (Å²) in [5.41, 5.74) is 2.49.